The molecule has 120 valence electrons. The zero-order valence-electron chi connectivity index (χ0n) is 13.0. The van der Waals surface area contributed by atoms with Gasteiger partial charge in [0.25, 0.3) is 0 Å². The van der Waals surface area contributed by atoms with Crippen LogP contribution in [0.5, 0.6) is 0 Å². The second kappa shape index (κ2) is 6.83. The van der Waals surface area contributed by atoms with E-state index in [1.165, 1.54) is 5.56 Å². The monoisotopic (exact) mass is 347 g/mol. The molecule has 1 aromatic carbocycles. The van der Waals surface area contributed by atoms with Crippen molar-refractivity contribution in [3.63, 3.8) is 0 Å². The van der Waals surface area contributed by atoms with Crippen LogP contribution < -0.4 is 5.32 Å². The van der Waals surface area contributed by atoms with Crippen LogP contribution in [0.4, 0.5) is 5.82 Å². The first-order valence-electron chi connectivity index (χ1n) is 7.54. The maximum absolute atomic E-state index is 9.51. The quantitative estimate of drug-likeness (QED) is 0.673. The van der Waals surface area contributed by atoms with Crippen molar-refractivity contribution in [2.45, 2.75) is 26.4 Å². The van der Waals surface area contributed by atoms with Crippen molar-refractivity contribution >= 4 is 39.0 Å². The number of aryl methyl sites for hydroxylation is 1. The van der Waals surface area contributed by atoms with Gasteiger partial charge in [-0.25, -0.2) is 9.97 Å². The molecule has 2 aromatic heterocycles. The third-order valence-electron chi connectivity index (χ3n) is 3.64. The van der Waals surface area contributed by atoms with Crippen molar-refractivity contribution in [1.82, 2.24) is 9.97 Å². The molecule has 0 aliphatic rings. The Bertz CT molecular complexity index is 815. The summed E-state index contributed by atoms with van der Waals surface area (Å²) in [4.78, 5) is 9.46. The number of thiophene rings is 1. The molecule has 23 heavy (non-hydrogen) atoms. The fourth-order valence-electron chi connectivity index (χ4n) is 2.42. The molecule has 2 heterocycles. The lowest BCUT2D eigenvalue weighted by atomic mass is 10.0. The summed E-state index contributed by atoms with van der Waals surface area (Å²) in [5.41, 5.74) is 3.51. The van der Waals surface area contributed by atoms with E-state index in [1.807, 2.05) is 0 Å². The van der Waals surface area contributed by atoms with Gasteiger partial charge in [-0.2, -0.15) is 0 Å². The van der Waals surface area contributed by atoms with Crippen molar-refractivity contribution in [2.75, 3.05) is 11.9 Å². The van der Waals surface area contributed by atoms with Crippen LogP contribution in [0.15, 0.2) is 29.6 Å². The third kappa shape index (κ3) is 3.47. The molecule has 0 aliphatic carbocycles. The van der Waals surface area contributed by atoms with E-state index in [2.05, 4.69) is 51.9 Å². The molecule has 2 N–H and O–H groups in total. The normalized spacial score (nSPS) is 12.5. The first-order chi connectivity index (χ1) is 11.1. The highest BCUT2D eigenvalue weighted by Crippen LogP contribution is 2.37. The second-order valence-electron chi connectivity index (χ2n) is 5.45. The third-order valence-corrected chi connectivity index (χ3v) is 4.69. The average molecular weight is 348 g/mol. The molecule has 3 rings (SSSR count). The van der Waals surface area contributed by atoms with Gasteiger partial charge in [0.05, 0.1) is 11.5 Å². The first kappa shape index (κ1) is 16.2. The largest absolute Gasteiger partial charge is 0.392 e. The van der Waals surface area contributed by atoms with Crippen molar-refractivity contribution in [3.8, 4) is 11.1 Å². The Labute approximate surface area is 144 Å². The summed E-state index contributed by atoms with van der Waals surface area (Å²) in [5.74, 6) is 0.664. The Morgan fingerprint density at radius 2 is 2.00 bits per heavy atom. The fourth-order valence-corrected chi connectivity index (χ4v) is 3.59. The van der Waals surface area contributed by atoms with Crippen LogP contribution in [-0.2, 0) is 6.42 Å². The van der Waals surface area contributed by atoms with Gasteiger partial charge in [-0.05, 0) is 36.1 Å². The maximum atomic E-state index is 9.51. The van der Waals surface area contributed by atoms with Gasteiger partial charge in [0.1, 0.15) is 10.6 Å². The lowest BCUT2D eigenvalue weighted by molar-refractivity contribution is 0.208. The van der Waals surface area contributed by atoms with Gasteiger partial charge in [-0.15, -0.1) is 11.3 Å². The number of anilines is 1. The summed E-state index contributed by atoms with van der Waals surface area (Å²) in [6.07, 6.45) is 0.551. The minimum absolute atomic E-state index is 0.209. The van der Waals surface area contributed by atoms with Gasteiger partial charge in [0.15, 0.2) is 0 Å². The van der Waals surface area contributed by atoms with Crippen molar-refractivity contribution in [2.24, 2.45) is 0 Å². The van der Waals surface area contributed by atoms with Crippen LogP contribution in [0, 0.1) is 0 Å². The van der Waals surface area contributed by atoms with E-state index in [0.717, 1.165) is 27.8 Å². The lowest BCUT2D eigenvalue weighted by Gasteiger charge is -2.10. The number of aliphatic hydroxyl groups excluding tert-OH is 1. The number of benzene rings is 1. The molecule has 4 nitrogen and oxygen atoms in total. The van der Waals surface area contributed by atoms with Crippen LogP contribution >= 0.6 is 22.9 Å². The Kier molecular flexibility index (Phi) is 4.80. The van der Waals surface area contributed by atoms with E-state index in [4.69, 9.17) is 11.6 Å². The number of nitrogens with one attached hydrogen (secondary N) is 1. The molecule has 0 saturated heterocycles. The summed E-state index contributed by atoms with van der Waals surface area (Å²) >= 11 is 7.56. The molecule has 0 radical (unpaired) electrons. The number of halogens is 1. The smallest absolute Gasteiger partial charge is 0.225 e. The molecule has 1 unspecified atom stereocenters. The zero-order valence-corrected chi connectivity index (χ0v) is 14.6. The van der Waals surface area contributed by atoms with E-state index < -0.39 is 6.10 Å². The van der Waals surface area contributed by atoms with E-state index in [9.17, 15) is 5.11 Å². The maximum Gasteiger partial charge on any atom is 0.225 e. The van der Waals surface area contributed by atoms with Crippen LogP contribution in [0.2, 0.25) is 5.28 Å². The Balaban J connectivity index is 2.09. The molecule has 0 aliphatic heterocycles. The molecule has 1 atom stereocenters. The SMILES string of the molecule is CCc1ccc(-c2csc3nc(Cl)nc(NCC(C)O)c23)cc1. The summed E-state index contributed by atoms with van der Waals surface area (Å²) in [6.45, 7) is 4.28. The topological polar surface area (TPSA) is 58.0 Å². The van der Waals surface area contributed by atoms with Crippen LogP contribution in [0.1, 0.15) is 19.4 Å². The molecule has 0 fully saturated rings. The summed E-state index contributed by atoms with van der Waals surface area (Å²) < 4.78 is 0. The van der Waals surface area contributed by atoms with E-state index in [-0.39, 0.29) is 5.28 Å². The molecule has 0 spiro atoms. The average Bonchev–Trinajstić information content (AvgIpc) is 2.96. The molecular weight excluding hydrogens is 330 g/mol. The van der Waals surface area contributed by atoms with E-state index in [1.54, 1.807) is 18.3 Å². The molecule has 0 saturated carbocycles. The second-order valence-corrected chi connectivity index (χ2v) is 6.65. The van der Waals surface area contributed by atoms with Gasteiger partial charge >= 0.3 is 0 Å². The molecule has 3 aromatic rings. The predicted molar refractivity (Wildman–Crippen MR) is 97.4 cm³/mol. The van der Waals surface area contributed by atoms with Gasteiger partial charge in [-0.1, -0.05) is 31.2 Å². The number of hydrogen-bond acceptors (Lipinski definition) is 5. The van der Waals surface area contributed by atoms with Crippen LogP contribution in [0.3, 0.4) is 0 Å². The Morgan fingerprint density at radius 1 is 1.26 bits per heavy atom. The Morgan fingerprint density at radius 3 is 2.65 bits per heavy atom. The highest BCUT2D eigenvalue weighted by atomic mass is 35.5. The van der Waals surface area contributed by atoms with Crippen molar-refractivity contribution in [3.05, 3.63) is 40.5 Å². The summed E-state index contributed by atoms with van der Waals surface area (Å²) in [6, 6.07) is 8.51. The Hall–Kier alpha value is -1.69. The predicted octanol–water partition coefficient (Wildman–Crippen LogP) is 4.37. The number of fused-ring (bicyclic) bond motifs is 1. The molecule has 6 heteroatoms. The summed E-state index contributed by atoms with van der Waals surface area (Å²) in [7, 11) is 0. The van der Waals surface area contributed by atoms with E-state index in [0.29, 0.717) is 12.4 Å². The number of hydrogen-bond donors (Lipinski definition) is 2. The van der Waals surface area contributed by atoms with E-state index >= 15 is 0 Å². The number of rotatable bonds is 5. The minimum atomic E-state index is -0.468. The molecule has 0 bridgehead atoms. The van der Waals surface area contributed by atoms with Crippen molar-refractivity contribution < 1.29 is 5.11 Å². The van der Waals surface area contributed by atoms with Gasteiger partial charge in [0, 0.05) is 17.5 Å². The highest BCUT2D eigenvalue weighted by molar-refractivity contribution is 7.17. The minimum Gasteiger partial charge on any atom is -0.392 e. The van der Waals surface area contributed by atoms with Gasteiger partial charge in [-0.3, -0.25) is 0 Å². The van der Waals surface area contributed by atoms with Gasteiger partial charge in [0.2, 0.25) is 5.28 Å². The van der Waals surface area contributed by atoms with Gasteiger partial charge < -0.3 is 10.4 Å². The fraction of sp³-hybridized carbons (Fsp3) is 0.294. The van der Waals surface area contributed by atoms with Crippen molar-refractivity contribution in [1.29, 1.82) is 0 Å². The number of aliphatic hydroxyl groups is 1. The molecular formula is C17H18ClN3OS. The number of aromatic nitrogens is 2. The lowest BCUT2D eigenvalue weighted by Crippen LogP contribution is -2.16. The molecule has 0 amide bonds. The first-order valence-corrected chi connectivity index (χ1v) is 8.80. The highest BCUT2D eigenvalue weighted by Gasteiger charge is 2.15. The standard InChI is InChI=1S/C17H18ClN3OS/c1-3-11-4-6-12(7-5-11)13-9-23-16-14(13)15(19-8-10(2)22)20-17(18)21-16/h4-7,9-10,22H,3,8H2,1-2H3,(H,19,20,21). The van der Waals surface area contributed by atoms with Crippen LogP contribution in [0.25, 0.3) is 21.3 Å². The zero-order chi connectivity index (χ0) is 16.4. The number of nitrogens with zero attached hydrogens (tertiary/aromatic N) is 2. The van der Waals surface area contributed by atoms with Crippen LogP contribution in [-0.4, -0.2) is 27.7 Å². The summed E-state index contributed by atoms with van der Waals surface area (Å²) in [5, 5.41) is 15.9.